The Morgan fingerprint density at radius 1 is 1.80 bits per heavy atom. The third kappa shape index (κ3) is 2.27. The van der Waals surface area contributed by atoms with Crippen molar-refractivity contribution in [3.05, 3.63) is 9.98 Å². The van der Waals surface area contributed by atoms with E-state index in [1.165, 1.54) is 11.3 Å². The Morgan fingerprint density at radius 2 is 2.60 bits per heavy atom. The molecular weight excluding hydrogens is 214 g/mol. The largest absolute Gasteiger partial charge is 0.470 e. The fraction of sp³-hybridized carbons (Fsp3) is 0.500. The van der Waals surface area contributed by atoms with Gasteiger partial charge in [0.15, 0.2) is 0 Å². The van der Waals surface area contributed by atoms with Gasteiger partial charge in [0, 0.05) is 0 Å². The summed E-state index contributed by atoms with van der Waals surface area (Å²) in [4.78, 5) is 4.00. The molecule has 1 aromatic rings. The van der Waals surface area contributed by atoms with E-state index in [1.54, 1.807) is 6.20 Å². The Morgan fingerprint density at radius 3 is 3.10 bits per heavy atom. The molecular formula is C6H8BrNOS. The average molecular weight is 222 g/mol. The molecule has 0 unspecified atom stereocenters. The van der Waals surface area contributed by atoms with E-state index < -0.39 is 0 Å². The highest BCUT2D eigenvalue weighted by Gasteiger charge is 1.97. The Kier molecular flexibility index (Phi) is 3.15. The van der Waals surface area contributed by atoms with Crippen molar-refractivity contribution in [1.82, 2.24) is 4.98 Å². The molecule has 0 aliphatic carbocycles. The van der Waals surface area contributed by atoms with E-state index in [4.69, 9.17) is 4.74 Å². The van der Waals surface area contributed by atoms with Crippen molar-refractivity contribution in [1.29, 1.82) is 0 Å². The molecule has 56 valence electrons. The smallest absolute Gasteiger partial charge is 0.274 e. The Bertz CT molecular complexity index is 201. The molecule has 0 fully saturated rings. The van der Waals surface area contributed by atoms with Gasteiger partial charge >= 0.3 is 0 Å². The highest BCUT2D eigenvalue weighted by molar-refractivity contribution is 9.11. The molecule has 0 N–H and O–H groups in total. The third-order valence-electron chi connectivity index (χ3n) is 0.886. The monoisotopic (exact) mass is 221 g/mol. The Balaban J connectivity index is 2.42. The SMILES string of the molecule is CCCOc1ncc(Br)s1. The molecule has 10 heavy (non-hydrogen) atoms. The topological polar surface area (TPSA) is 22.1 Å². The van der Waals surface area contributed by atoms with Gasteiger partial charge in [0.2, 0.25) is 0 Å². The maximum atomic E-state index is 5.25. The van der Waals surface area contributed by atoms with Crippen molar-refractivity contribution in [2.75, 3.05) is 6.61 Å². The second kappa shape index (κ2) is 3.93. The zero-order valence-corrected chi connectivity index (χ0v) is 8.04. The van der Waals surface area contributed by atoms with Gasteiger partial charge in [-0.1, -0.05) is 18.3 Å². The van der Waals surface area contributed by atoms with Crippen LogP contribution in [0.4, 0.5) is 0 Å². The summed E-state index contributed by atoms with van der Waals surface area (Å²) in [5.74, 6) is 0. The van der Waals surface area contributed by atoms with Gasteiger partial charge < -0.3 is 4.74 Å². The first-order chi connectivity index (χ1) is 4.83. The van der Waals surface area contributed by atoms with Crippen molar-refractivity contribution in [2.24, 2.45) is 0 Å². The molecule has 0 saturated heterocycles. The van der Waals surface area contributed by atoms with Crippen LogP contribution in [0.15, 0.2) is 9.98 Å². The van der Waals surface area contributed by atoms with Gasteiger partial charge in [-0.25, -0.2) is 4.98 Å². The van der Waals surface area contributed by atoms with Crippen LogP contribution in [-0.4, -0.2) is 11.6 Å². The molecule has 1 aromatic heterocycles. The second-order valence-corrected chi connectivity index (χ2v) is 4.15. The van der Waals surface area contributed by atoms with Crippen LogP contribution in [0, 0.1) is 0 Å². The summed E-state index contributed by atoms with van der Waals surface area (Å²) in [5, 5.41) is 0.744. The number of hydrogen-bond acceptors (Lipinski definition) is 3. The molecule has 0 bridgehead atoms. The molecule has 1 rings (SSSR count). The standard InChI is InChI=1S/C6H8BrNOS/c1-2-3-9-6-8-4-5(7)10-6/h4H,2-3H2,1H3. The number of halogens is 1. The van der Waals surface area contributed by atoms with E-state index >= 15 is 0 Å². The summed E-state index contributed by atoms with van der Waals surface area (Å²) in [7, 11) is 0. The minimum atomic E-state index is 0.744. The average Bonchev–Trinajstić information content (AvgIpc) is 2.31. The Labute approximate surface area is 72.4 Å². The van der Waals surface area contributed by atoms with E-state index in [-0.39, 0.29) is 0 Å². The molecule has 0 aromatic carbocycles. The summed E-state index contributed by atoms with van der Waals surface area (Å²) in [6.45, 7) is 2.82. The van der Waals surface area contributed by atoms with Gasteiger partial charge in [-0.3, -0.25) is 0 Å². The zero-order chi connectivity index (χ0) is 7.40. The first kappa shape index (κ1) is 8.01. The van der Waals surface area contributed by atoms with Crippen LogP contribution in [0.2, 0.25) is 0 Å². The zero-order valence-electron chi connectivity index (χ0n) is 5.63. The van der Waals surface area contributed by atoms with Crippen LogP contribution in [0.3, 0.4) is 0 Å². The lowest BCUT2D eigenvalue weighted by Crippen LogP contribution is -1.93. The number of hydrogen-bond donors (Lipinski definition) is 0. The van der Waals surface area contributed by atoms with E-state index in [2.05, 4.69) is 27.8 Å². The molecule has 0 aliphatic heterocycles. The van der Waals surface area contributed by atoms with Gasteiger partial charge in [-0.2, -0.15) is 0 Å². The number of thiazole rings is 1. The molecule has 2 nitrogen and oxygen atoms in total. The van der Waals surface area contributed by atoms with Crippen LogP contribution in [0.25, 0.3) is 0 Å². The van der Waals surface area contributed by atoms with E-state index in [9.17, 15) is 0 Å². The van der Waals surface area contributed by atoms with Crippen LogP contribution in [0.1, 0.15) is 13.3 Å². The molecule has 0 amide bonds. The molecule has 1 heterocycles. The van der Waals surface area contributed by atoms with E-state index in [0.29, 0.717) is 0 Å². The fourth-order valence-corrected chi connectivity index (χ4v) is 1.53. The molecule has 4 heteroatoms. The summed E-state index contributed by atoms with van der Waals surface area (Å²) in [6.07, 6.45) is 2.77. The Hall–Kier alpha value is -0.0900. The highest BCUT2D eigenvalue weighted by Crippen LogP contribution is 2.24. The van der Waals surface area contributed by atoms with Gasteiger partial charge in [0.25, 0.3) is 5.19 Å². The maximum Gasteiger partial charge on any atom is 0.274 e. The minimum Gasteiger partial charge on any atom is -0.470 e. The number of rotatable bonds is 3. The lowest BCUT2D eigenvalue weighted by atomic mass is 10.5. The highest BCUT2D eigenvalue weighted by atomic mass is 79.9. The van der Waals surface area contributed by atoms with Crippen LogP contribution < -0.4 is 4.74 Å². The van der Waals surface area contributed by atoms with Crippen molar-refractivity contribution in [3.8, 4) is 5.19 Å². The third-order valence-corrected chi connectivity index (χ3v) is 2.27. The predicted molar refractivity (Wildman–Crippen MR) is 45.6 cm³/mol. The van der Waals surface area contributed by atoms with Crippen LogP contribution in [0.5, 0.6) is 5.19 Å². The number of aromatic nitrogens is 1. The van der Waals surface area contributed by atoms with Crippen molar-refractivity contribution >= 4 is 27.3 Å². The molecule has 0 radical (unpaired) electrons. The van der Waals surface area contributed by atoms with Crippen LogP contribution in [-0.2, 0) is 0 Å². The van der Waals surface area contributed by atoms with Gasteiger partial charge in [-0.05, 0) is 22.4 Å². The van der Waals surface area contributed by atoms with Crippen molar-refractivity contribution in [3.63, 3.8) is 0 Å². The molecule has 0 aliphatic rings. The summed E-state index contributed by atoms with van der Waals surface area (Å²) in [5.41, 5.74) is 0. The van der Waals surface area contributed by atoms with Gasteiger partial charge in [0.05, 0.1) is 16.6 Å². The summed E-state index contributed by atoms with van der Waals surface area (Å²) >= 11 is 4.81. The van der Waals surface area contributed by atoms with E-state index in [1.807, 2.05) is 0 Å². The minimum absolute atomic E-state index is 0.744. The molecule has 0 spiro atoms. The number of nitrogens with zero attached hydrogens (tertiary/aromatic N) is 1. The first-order valence-corrected chi connectivity index (χ1v) is 4.68. The van der Waals surface area contributed by atoms with Crippen LogP contribution >= 0.6 is 27.3 Å². The van der Waals surface area contributed by atoms with E-state index in [0.717, 1.165) is 22.0 Å². The summed E-state index contributed by atoms with van der Waals surface area (Å²) < 4.78 is 6.27. The maximum absolute atomic E-state index is 5.25. The van der Waals surface area contributed by atoms with Gasteiger partial charge in [0.1, 0.15) is 0 Å². The predicted octanol–water partition coefficient (Wildman–Crippen LogP) is 2.69. The second-order valence-electron chi connectivity index (χ2n) is 1.78. The summed E-state index contributed by atoms with van der Waals surface area (Å²) in [6, 6.07) is 0. The number of ether oxygens (including phenoxy) is 1. The van der Waals surface area contributed by atoms with Crippen molar-refractivity contribution < 1.29 is 4.74 Å². The lowest BCUT2D eigenvalue weighted by Gasteiger charge is -1.95. The van der Waals surface area contributed by atoms with Gasteiger partial charge in [-0.15, -0.1) is 0 Å². The molecule has 0 atom stereocenters. The molecule has 0 saturated carbocycles. The lowest BCUT2D eigenvalue weighted by molar-refractivity contribution is 0.316. The quantitative estimate of drug-likeness (QED) is 0.784. The normalized spacial score (nSPS) is 9.80. The van der Waals surface area contributed by atoms with Crippen molar-refractivity contribution in [2.45, 2.75) is 13.3 Å². The first-order valence-electron chi connectivity index (χ1n) is 3.07. The fourth-order valence-electron chi connectivity index (χ4n) is 0.496.